The number of carbonyl (C=O) groups excluding carboxylic acids is 1. The van der Waals surface area contributed by atoms with E-state index < -0.39 is 0 Å². The van der Waals surface area contributed by atoms with Gasteiger partial charge in [-0.15, -0.1) is 0 Å². The van der Waals surface area contributed by atoms with Crippen molar-refractivity contribution in [2.24, 2.45) is 0 Å². The highest BCUT2D eigenvalue weighted by Crippen LogP contribution is 1.65. The second-order valence-electron chi connectivity index (χ2n) is 1.09. The number of thiocarbonyl (C=S) groups is 1. The molecule has 7 heavy (non-hydrogen) atoms. The molecule has 1 atom stereocenters. The van der Waals surface area contributed by atoms with Crippen LogP contribution in [0.1, 0.15) is 0 Å². The van der Waals surface area contributed by atoms with Crippen LogP contribution < -0.4 is 5.32 Å². The monoisotopic (exact) mass is 117 g/mol. The number of aldehydes is 1. The van der Waals surface area contributed by atoms with Crippen molar-refractivity contribution in [2.45, 2.75) is 6.04 Å². The first-order valence-corrected chi connectivity index (χ1v) is 2.40. The van der Waals surface area contributed by atoms with Gasteiger partial charge in [0.15, 0.2) is 0 Å². The summed E-state index contributed by atoms with van der Waals surface area (Å²) in [5.74, 6) is 0. The molecule has 40 valence electrons. The standard InChI is InChI=1S/C4H7NOS/c1-5-4(2-6)3-7/h2-5H,1H3. The van der Waals surface area contributed by atoms with Gasteiger partial charge in [-0.05, 0) is 7.05 Å². The van der Waals surface area contributed by atoms with Gasteiger partial charge < -0.3 is 10.1 Å². The lowest BCUT2D eigenvalue weighted by Gasteiger charge is -1.95. The molecule has 2 nitrogen and oxygen atoms in total. The number of hydrogen-bond donors (Lipinski definition) is 1. The lowest BCUT2D eigenvalue weighted by molar-refractivity contribution is -0.108. The average Bonchev–Trinajstić information content (AvgIpc) is 1.72. The van der Waals surface area contributed by atoms with Crippen LogP contribution in [0.2, 0.25) is 0 Å². The Balaban J connectivity index is 3.36. The predicted molar refractivity (Wildman–Crippen MR) is 32.6 cm³/mol. The van der Waals surface area contributed by atoms with E-state index in [0.29, 0.717) is 0 Å². The molecule has 0 aliphatic carbocycles. The van der Waals surface area contributed by atoms with Crippen molar-refractivity contribution in [3.05, 3.63) is 0 Å². The summed E-state index contributed by atoms with van der Waals surface area (Å²) in [5, 5.41) is 4.06. The molecular weight excluding hydrogens is 110 g/mol. The summed E-state index contributed by atoms with van der Waals surface area (Å²) in [7, 11) is 1.68. The Hall–Kier alpha value is -0.280. The van der Waals surface area contributed by atoms with E-state index in [2.05, 4.69) is 17.5 Å². The second kappa shape index (κ2) is 3.89. The summed E-state index contributed by atoms with van der Waals surface area (Å²) in [6.07, 6.45) is 0.757. The fraction of sp³-hybridized carbons (Fsp3) is 0.500. The van der Waals surface area contributed by atoms with Crippen molar-refractivity contribution in [1.82, 2.24) is 5.32 Å². The molecule has 0 radical (unpaired) electrons. The fourth-order valence-corrected chi connectivity index (χ4v) is 0.368. The van der Waals surface area contributed by atoms with Gasteiger partial charge in [0.1, 0.15) is 6.29 Å². The number of carbonyl (C=O) groups is 1. The molecule has 0 amide bonds. The van der Waals surface area contributed by atoms with Gasteiger partial charge in [-0.2, -0.15) is 0 Å². The van der Waals surface area contributed by atoms with Gasteiger partial charge in [0.25, 0.3) is 0 Å². The largest absolute Gasteiger partial charge is 0.307 e. The zero-order valence-electron chi connectivity index (χ0n) is 4.05. The minimum atomic E-state index is -0.255. The van der Waals surface area contributed by atoms with Crippen molar-refractivity contribution in [1.29, 1.82) is 0 Å². The molecule has 1 unspecified atom stereocenters. The second-order valence-corrected chi connectivity index (χ2v) is 1.36. The van der Waals surface area contributed by atoms with E-state index in [1.165, 1.54) is 5.37 Å². The molecule has 0 heterocycles. The smallest absolute Gasteiger partial charge is 0.141 e. The van der Waals surface area contributed by atoms with Crippen molar-refractivity contribution in [2.75, 3.05) is 7.05 Å². The van der Waals surface area contributed by atoms with Crippen LogP contribution in [-0.2, 0) is 4.79 Å². The van der Waals surface area contributed by atoms with Gasteiger partial charge in [-0.1, -0.05) is 12.2 Å². The minimum Gasteiger partial charge on any atom is -0.307 e. The van der Waals surface area contributed by atoms with Crippen LogP contribution in [0.25, 0.3) is 0 Å². The van der Waals surface area contributed by atoms with E-state index in [9.17, 15) is 4.79 Å². The molecule has 0 bridgehead atoms. The molecule has 0 saturated carbocycles. The van der Waals surface area contributed by atoms with E-state index in [1.807, 2.05) is 0 Å². The van der Waals surface area contributed by atoms with Crippen LogP contribution in [0.15, 0.2) is 0 Å². The Morgan fingerprint density at radius 3 is 2.43 bits per heavy atom. The number of rotatable bonds is 3. The molecule has 0 aliphatic rings. The van der Waals surface area contributed by atoms with E-state index in [4.69, 9.17) is 0 Å². The lowest BCUT2D eigenvalue weighted by Crippen LogP contribution is -2.26. The molecule has 3 heteroatoms. The zero-order chi connectivity index (χ0) is 5.70. The summed E-state index contributed by atoms with van der Waals surface area (Å²) in [5.41, 5.74) is 0. The third-order valence-electron chi connectivity index (χ3n) is 0.627. The van der Waals surface area contributed by atoms with Crippen LogP contribution in [0.3, 0.4) is 0 Å². The molecule has 0 rings (SSSR count). The van der Waals surface area contributed by atoms with Gasteiger partial charge in [-0.3, -0.25) is 0 Å². The maximum absolute atomic E-state index is 9.81. The molecule has 0 aromatic rings. The van der Waals surface area contributed by atoms with Crippen molar-refractivity contribution in [3.63, 3.8) is 0 Å². The zero-order valence-corrected chi connectivity index (χ0v) is 4.87. The molecule has 0 aliphatic heterocycles. The number of likely N-dealkylation sites (N-methyl/N-ethyl adjacent to an activating group) is 1. The lowest BCUT2D eigenvalue weighted by atomic mass is 10.4. The molecular formula is C4H7NOS. The topological polar surface area (TPSA) is 29.1 Å². The van der Waals surface area contributed by atoms with E-state index in [-0.39, 0.29) is 6.04 Å². The third-order valence-corrected chi connectivity index (χ3v) is 0.920. The Kier molecular flexibility index (Phi) is 3.74. The number of nitrogens with one attached hydrogen (secondary N) is 1. The maximum Gasteiger partial charge on any atom is 0.141 e. The molecule has 1 N–H and O–H groups in total. The first-order chi connectivity index (χ1) is 3.35. The van der Waals surface area contributed by atoms with Crippen LogP contribution in [-0.4, -0.2) is 24.7 Å². The summed E-state index contributed by atoms with van der Waals surface area (Å²) in [6.45, 7) is 0. The highest BCUT2D eigenvalue weighted by molar-refractivity contribution is 7.79. The third kappa shape index (κ3) is 2.42. The molecule has 0 aromatic heterocycles. The highest BCUT2D eigenvalue weighted by Gasteiger charge is 1.92. The van der Waals surface area contributed by atoms with E-state index >= 15 is 0 Å². The van der Waals surface area contributed by atoms with Crippen LogP contribution >= 0.6 is 12.2 Å². The SMILES string of the molecule is CNC(C=O)C=S. The van der Waals surface area contributed by atoms with Crippen LogP contribution in [0, 0.1) is 0 Å². The number of hydrogen-bond acceptors (Lipinski definition) is 3. The van der Waals surface area contributed by atoms with Gasteiger partial charge in [-0.25, -0.2) is 0 Å². The summed E-state index contributed by atoms with van der Waals surface area (Å²) in [4.78, 5) is 9.81. The minimum absolute atomic E-state index is 0.255. The summed E-state index contributed by atoms with van der Waals surface area (Å²) >= 11 is 4.45. The van der Waals surface area contributed by atoms with Crippen LogP contribution in [0.5, 0.6) is 0 Å². The Labute approximate surface area is 47.9 Å². The Morgan fingerprint density at radius 1 is 1.86 bits per heavy atom. The normalized spacial score (nSPS) is 12.7. The fourth-order valence-electron chi connectivity index (χ4n) is 0.168. The van der Waals surface area contributed by atoms with Crippen molar-refractivity contribution in [3.8, 4) is 0 Å². The summed E-state index contributed by atoms with van der Waals surface area (Å²) < 4.78 is 0. The first-order valence-electron chi connectivity index (χ1n) is 1.93. The van der Waals surface area contributed by atoms with E-state index in [0.717, 1.165) is 6.29 Å². The maximum atomic E-state index is 9.81. The molecule has 0 saturated heterocycles. The predicted octanol–water partition coefficient (Wildman–Crippen LogP) is -0.227. The Morgan fingerprint density at radius 2 is 2.43 bits per heavy atom. The molecule has 0 spiro atoms. The van der Waals surface area contributed by atoms with Crippen molar-refractivity contribution >= 4 is 23.9 Å². The van der Waals surface area contributed by atoms with E-state index in [1.54, 1.807) is 7.05 Å². The van der Waals surface area contributed by atoms with Crippen LogP contribution in [0.4, 0.5) is 0 Å². The highest BCUT2D eigenvalue weighted by atomic mass is 32.1. The molecule has 0 fully saturated rings. The average molecular weight is 117 g/mol. The quantitative estimate of drug-likeness (QED) is 0.409. The van der Waals surface area contributed by atoms with Gasteiger partial charge >= 0.3 is 0 Å². The molecule has 0 aromatic carbocycles. The summed E-state index contributed by atoms with van der Waals surface area (Å²) in [6, 6.07) is -0.255. The van der Waals surface area contributed by atoms with Gasteiger partial charge in [0.05, 0.1) is 6.04 Å². The van der Waals surface area contributed by atoms with Gasteiger partial charge in [0, 0.05) is 5.37 Å². The first kappa shape index (κ1) is 6.72. The van der Waals surface area contributed by atoms with Gasteiger partial charge in [0.2, 0.25) is 0 Å². The Bertz CT molecular complexity index is 66.1. The van der Waals surface area contributed by atoms with Crippen molar-refractivity contribution < 1.29 is 4.79 Å².